The van der Waals surface area contributed by atoms with E-state index in [0.29, 0.717) is 30.5 Å². The second kappa shape index (κ2) is 8.72. The molecule has 0 aromatic heterocycles. The van der Waals surface area contributed by atoms with Crippen molar-refractivity contribution in [3.63, 3.8) is 0 Å². The highest BCUT2D eigenvalue weighted by atomic mass is 35.5. The van der Waals surface area contributed by atoms with Crippen LogP contribution in [-0.2, 0) is 14.9 Å². The lowest BCUT2D eigenvalue weighted by atomic mass is 9.74. The average Bonchev–Trinajstić information content (AvgIpc) is 2.69. The third-order valence-corrected chi connectivity index (χ3v) is 5.33. The van der Waals surface area contributed by atoms with E-state index >= 15 is 0 Å². The number of halogens is 2. The number of carbonyl (C=O) groups excluding carboxylic acids is 1. The van der Waals surface area contributed by atoms with Gasteiger partial charge in [0.15, 0.2) is 6.10 Å². The number of carbonyl (C=O) groups is 1. The molecule has 2 aromatic carbocycles. The van der Waals surface area contributed by atoms with Crippen molar-refractivity contribution in [1.29, 1.82) is 0 Å². The first-order valence-electron chi connectivity index (χ1n) is 9.03. The number of rotatable bonds is 6. The Hall–Kier alpha value is -2.11. The van der Waals surface area contributed by atoms with E-state index in [0.717, 1.165) is 18.4 Å². The maximum absolute atomic E-state index is 13.3. The molecule has 1 unspecified atom stereocenters. The summed E-state index contributed by atoms with van der Waals surface area (Å²) < 4.78 is 24.5. The van der Waals surface area contributed by atoms with Crippen LogP contribution in [-0.4, -0.2) is 31.8 Å². The molecule has 1 heterocycles. The summed E-state index contributed by atoms with van der Waals surface area (Å²) in [6, 6.07) is 13.5. The predicted octanol–water partition coefficient (Wildman–Crippen LogP) is 4.11. The first-order valence-corrected chi connectivity index (χ1v) is 9.41. The quantitative estimate of drug-likeness (QED) is 0.806. The van der Waals surface area contributed by atoms with Crippen LogP contribution < -0.4 is 10.1 Å². The lowest BCUT2D eigenvalue weighted by molar-refractivity contribution is -0.127. The number of para-hydroxylation sites is 1. The maximum atomic E-state index is 13.3. The fraction of sp³-hybridized carbons (Fsp3) is 0.381. The second-order valence-electron chi connectivity index (χ2n) is 6.81. The van der Waals surface area contributed by atoms with Crippen molar-refractivity contribution in [3.8, 4) is 5.75 Å². The lowest BCUT2D eigenvalue weighted by Crippen LogP contribution is -2.47. The highest BCUT2D eigenvalue weighted by molar-refractivity contribution is 6.32. The molecule has 1 aliphatic heterocycles. The number of amides is 1. The van der Waals surface area contributed by atoms with E-state index in [-0.39, 0.29) is 17.1 Å². The van der Waals surface area contributed by atoms with Gasteiger partial charge in [-0.05, 0) is 49.6 Å². The Morgan fingerprint density at radius 2 is 1.89 bits per heavy atom. The van der Waals surface area contributed by atoms with Crippen molar-refractivity contribution in [2.45, 2.75) is 31.3 Å². The number of hydrogen-bond donors (Lipinski definition) is 1. The summed E-state index contributed by atoms with van der Waals surface area (Å²) in [4.78, 5) is 12.6. The molecule has 3 rings (SSSR count). The highest BCUT2D eigenvalue weighted by Crippen LogP contribution is 2.34. The van der Waals surface area contributed by atoms with Crippen LogP contribution in [0.25, 0.3) is 0 Å². The van der Waals surface area contributed by atoms with Crippen molar-refractivity contribution in [3.05, 3.63) is 64.9 Å². The largest absolute Gasteiger partial charge is 0.479 e. The van der Waals surface area contributed by atoms with Crippen LogP contribution in [0, 0.1) is 5.82 Å². The van der Waals surface area contributed by atoms with Gasteiger partial charge in [0.2, 0.25) is 0 Å². The van der Waals surface area contributed by atoms with Gasteiger partial charge in [-0.2, -0.15) is 0 Å². The minimum absolute atomic E-state index is 0.220. The number of nitrogens with one attached hydrogen (secondary N) is 1. The van der Waals surface area contributed by atoms with Gasteiger partial charge in [0, 0.05) is 25.2 Å². The van der Waals surface area contributed by atoms with Crippen LogP contribution in [0.4, 0.5) is 4.39 Å². The van der Waals surface area contributed by atoms with Gasteiger partial charge in [-0.25, -0.2) is 4.39 Å². The van der Waals surface area contributed by atoms with Gasteiger partial charge in [0.1, 0.15) is 11.6 Å². The number of benzene rings is 2. The SMILES string of the molecule is CC(Oc1ccccc1Cl)C(=O)NCC1(c2ccc(F)cc2)CCOCC1. The highest BCUT2D eigenvalue weighted by Gasteiger charge is 2.35. The van der Waals surface area contributed by atoms with E-state index in [1.807, 2.05) is 0 Å². The molecular formula is C21H23ClFNO3. The molecular weight excluding hydrogens is 369 g/mol. The molecule has 1 aliphatic rings. The maximum Gasteiger partial charge on any atom is 0.260 e. The van der Waals surface area contributed by atoms with Crippen molar-refractivity contribution >= 4 is 17.5 Å². The Bertz CT molecular complexity index is 775. The Morgan fingerprint density at radius 1 is 1.22 bits per heavy atom. The first kappa shape index (κ1) is 19.6. The van der Waals surface area contributed by atoms with Gasteiger partial charge in [-0.3, -0.25) is 4.79 Å². The van der Waals surface area contributed by atoms with E-state index < -0.39 is 6.10 Å². The molecule has 0 saturated carbocycles. The molecule has 144 valence electrons. The van der Waals surface area contributed by atoms with Gasteiger partial charge in [-0.1, -0.05) is 35.9 Å². The third-order valence-electron chi connectivity index (χ3n) is 5.02. The van der Waals surface area contributed by atoms with E-state index in [4.69, 9.17) is 21.1 Å². The van der Waals surface area contributed by atoms with Gasteiger partial charge >= 0.3 is 0 Å². The first-order chi connectivity index (χ1) is 13.0. The minimum atomic E-state index is -0.685. The number of ether oxygens (including phenoxy) is 2. The van der Waals surface area contributed by atoms with E-state index in [1.165, 1.54) is 12.1 Å². The zero-order valence-corrected chi connectivity index (χ0v) is 16.0. The molecule has 1 saturated heterocycles. The number of hydrogen-bond acceptors (Lipinski definition) is 3. The molecule has 1 fully saturated rings. The summed E-state index contributed by atoms with van der Waals surface area (Å²) >= 11 is 6.09. The molecule has 0 aliphatic carbocycles. The zero-order chi connectivity index (χ0) is 19.3. The Balaban J connectivity index is 1.67. The second-order valence-corrected chi connectivity index (χ2v) is 7.22. The van der Waals surface area contributed by atoms with Crippen molar-refractivity contribution in [2.75, 3.05) is 19.8 Å². The summed E-state index contributed by atoms with van der Waals surface area (Å²) in [5.41, 5.74) is 0.735. The monoisotopic (exact) mass is 391 g/mol. The molecule has 6 heteroatoms. The fourth-order valence-corrected chi connectivity index (χ4v) is 3.50. The predicted molar refractivity (Wildman–Crippen MR) is 103 cm³/mol. The Labute approximate surface area is 163 Å². The molecule has 1 N–H and O–H groups in total. The smallest absolute Gasteiger partial charge is 0.260 e. The molecule has 4 nitrogen and oxygen atoms in total. The average molecular weight is 392 g/mol. The Morgan fingerprint density at radius 3 is 2.56 bits per heavy atom. The summed E-state index contributed by atoms with van der Waals surface area (Å²) in [6.45, 7) is 3.35. The van der Waals surface area contributed by atoms with Crippen molar-refractivity contribution in [2.24, 2.45) is 0 Å². The topological polar surface area (TPSA) is 47.6 Å². The standard InChI is InChI=1S/C21H23ClFNO3/c1-15(27-19-5-3-2-4-18(19)22)20(25)24-14-21(10-12-26-13-11-21)16-6-8-17(23)9-7-16/h2-9,15H,10-14H2,1H3,(H,24,25). The van der Waals surface area contributed by atoms with Crippen LogP contribution in [0.1, 0.15) is 25.3 Å². The molecule has 1 amide bonds. The van der Waals surface area contributed by atoms with Crippen molar-refractivity contribution in [1.82, 2.24) is 5.32 Å². The third kappa shape index (κ3) is 4.79. The van der Waals surface area contributed by atoms with E-state index in [9.17, 15) is 9.18 Å². The van der Waals surface area contributed by atoms with Gasteiger partial charge in [0.05, 0.1) is 5.02 Å². The van der Waals surface area contributed by atoms with Crippen LogP contribution in [0.15, 0.2) is 48.5 Å². The summed E-state index contributed by atoms with van der Waals surface area (Å²) in [6.07, 6.45) is 0.840. The van der Waals surface area contributed by atoms with Crippen LogP contribution >= 0.6 is 11.6 Å². The zero-order valence-electron chi connectivity index (χ0n) is 15.2. The normalized spacial score (nSPS) is 17.1. The molecule has 0 radical (unpaired) electrons. The van der Waals surface area contributed by atoms with E-state index in [2.05, 4.69) is 5.32 Å². The fourth-order valence-electron chi connectivity index (χ4n) is 3.32. The molecule has 1 atom stereocenters. The molecule has 27 heavy (non-hydrogen) atoms. The summed E-state index contributed by atoms with van der Waals surface area (Å²) in [5, 5.41) is 3.45. The molecule has 0 bridgehead atoms. The van der Waals surface area contributed by atoms with Gasteiger partial charge in [-0.15, -0.1) is 0 Å². The van der Waals surface area contributed by atoms with Gasteiger partial charge in [0.25, 0.3) is 5.91 Å². The van der Waals surface area contributed by atoms with Crippen LogP contribution in [0.2, 0.25) is 5.02 Å². The van der Waals surface area contributed by atoms with Crippen molar-refractivity contribution < 1.29 is 18.7 Å². The minimum Gasteiger partial charge on any atom is -0.479 e. The lowest BCUT2D eigenvalue weighted by Gasteiger charge is -2.38. The van der Waals surface area contributed by atoms with Crippen LogP contribution in [0.3, 0.4) is 0 Å². The molecule has 2 aromatic rings. The Kier molecular flexibility index (Phi) is 6.34. The van der Waals surface area contributed by atoms with E-state index in [1.54, 1.807) is 43.3 Å². The van der Waals surface area contributed by atoms with Gasteiger partial charge < -0.3 is 14.8 Å². The summed E-state index contributed by atoms with van der Waals surface area (Å²) in [5.74, 6) is -0.0178. The van der Waals surface area contributed by atoms with Crippen LogP contribution in [0.5, 0.6) is 5.75 Å². The summed E-state index contributed by atoms with van der Waals surface area (Å²) in [7, 11) is 0. The molecule has 0 spiro atoms.